The Morgan fingerprint density at radius 2 is 1.71 bits per heavy atom. The summed E-state index contributed by atoms with van der Waals surface area (Å²) < 4.78 is 43.2. The molecule has 1 heterocycles. The molecule has 0 aliphatic heterocycles. The van der Waals surface area contributed by atoms with Gasteiger partial charge in [-0.05, 0) is 35.4 Å². The van der Waals surface area contributed by atoms with Gasteiger partial charge in [-0.2, -0.15) is 13.2 Å². The Morgan fingerprint density at radius 1 is 0.964 bits per heavy atom. The summed E-state index contributed by atoms with van der Waals surface area (Å²) in [6.07, 6.45) is -1.26. The summed E-state index contributed by atoms with van der Waals surface area (Å²) in [5.41, 5.74) is 2.49. The van der Waals surface area contributed by atoms with Crippen LogP contribution < -0.4 is 4.74 Å². The van der Waals surface area contributed by atoms with Gasteiger partial charge in [0.1, 0.15) is 5.75 Å². The van der Waals surface area contributed by atoms with Crippen LogP contribution in [0.15, 0.2) is 72.4 Å². The number of alkyl halides is 3. The van der Waals surface area contributed by atoms with Crippen LogP contribution in [-0.4, -0.2) is 10.8 Å². The van der Waals surface area contributed by atoms with Gasteiger partial charge in [-0.25, -0.2) is 4.98 Å². The molecule has 28 heavy (non-hydrogen) atoms. The minimum Gasteiger partial charge on any atom is -0.439 e. The topological polar surface area (TPSA) is 39.2 Å². The van der Waals surface area contributed by atoms with Gasteiger partial charge in [0.15, 0.2) is 5.78 Å². The number of rotatable bonds is 3. The van der Waals surface area contributed by atoms with E-state index in [1.54, 1.807) is 24.3 Å². The number of ketones is 1. The highest BCUT2D eigenvalue weighted by molar-refractivity contribution is 6.15. The monoisotopic (exact) mass is 381 g/mol. The van der Waals surface area contributed by atoms with Gasteiger partial charge in [0.05, 0.1) is 5.56 Å². The first-order chi connectivity index (χ1) is 13.4. The number of pyridine rings is 1. The second-order valence-corrected chi connectivity index (χ2v) is 6.39. The van der Waals surface area contributed by atoms with E-state index >= 15 is 0 Å². The maximum Gasteiger partial charge on any atom is 0.417 e. The second-order valence-electron chi connectivity index (χ2n) is 6.39. The van der Waals surface area contributed by atoms with Crippen molar-refractivity contribution in [2.45, 2.75) is 12.6 Å². The van der Waals surface area contributed by atoms with Crippen LogP contribution in [0, 0.1) is 0 Å². The first kappa shape index (κ1) is 18.0. The molecule has 0 unspecified atom stereocenters. The molecule has 3 nitrogen and oxygen atoms in total. The van der Waals surface area contributed by atoms with Gasteiger partial charge in [0, 0.05) is 29.8 Å². The minimum absolute atomic E-state index is 0.0323. The number of aromatic nitrogens is 1. The number of Topliss-reactive ketones (excluding diaryl/α,β-unsaturated/α-hetero) is 1. The highest BCUT2D eigenvalue weighted by Gasteiger charge is 2.30. The molecule has 0 fully saturated rings. The van der Waals surface area contributed by atoms with E-state index in [0.29, 0.717) is 12.2 Å². The minimum atomic E-state index is -4.43. The molecule has 4 rings (SSSR count). The largest absolute Gasteiger partial charge is 0.439 e. The molecule has 3 aromatic rings. The molecule has 0 saturated heterocycles. The predicted octanol–water partition coefficient (Wildman–Crippen LogP) is 5.72. The molecule has 0 saturated carbocycles. The Morgan fingerprint density at radius 3 is 2.36 bits per heavy atom. The van der Waals surface area contributed by atoms with Gasteiger partial charge >= 0.3 is 6.18 Å². The van der Waals surface area contributed by atoms with Crippen LogP contribution in [0.5, 0.6) is 11.6 Å². The van der Waals surface area contributed by atoms with Crippen LogP contribution in [0.3, 0.4) is 0 Å². The third-order valence-electron chi connectivity index (χ3n) is 4.44. The first-order valence-electron chi connectivity index (χ1n) is 8.54. The number of allylic oxidation sites excluding steroid dienone is 1. The van der Waals surface area contributed by atoms with E-state index in [2.05, 4.69) is 4.98 Å². The summed E-state index contributed by atoms with van der Waals surface area (Å²) in [7, 11) is 0. The van der Waals surface area contributed by atoms with Crippen molar-refractivity contribution >= 4 is 11.9 Å². The van der Waals surface area contributed by atoms with Gasteiger partial charge in [-0.3, -0.25) is 4.79 Å². The molecule has 0 radical (unpaired) electrons. The molecular formula is C22H14F3NO2. The van der Waals surface area contributed by atoms with E-state index in [4.69, 9.17) is 4.74 Å². The van der Waals surface area contributed by atoms with Crippen LogP contribution in [0.1, 0.15) is 27.0 Å². The lowest BCUT2D eigenvalue weighted by atomic mass is 10.1. The van der Waals surface area contributed by atoms with Crippen molar-refractivity contribution in [1.82, 2.24) is 4.98 Å². The fourth-order valence-electron chi connectivity index (χ4n) is 3.03. The van der Waals surface area contributed by atoms with E-state index < -0.39 is 11.7 Å². The molecule has 1 aliphatic rings. The van der Waals surface area contributed by atoms with Gasteiger partial charge in [0.25, 0.3) is 0 Å². The number of carbonyl (C=O) groups is 1. The van der Waals surface area contributed by atoms with E-state index in [1.165, 1.54) is 6.07 Å². The van der Waals surface area contributed by atoms with Crippen LogP contribution in [0.4, 0.5) is 13.2 Å². The predicted molar refractivity (Wildman–Crippen MR) is 98.2 cm³/mol. The molecule has 0 N–H and O–H groups in total. The highest BCUT2D eigenvalue weighted by atomic mass is 19.4. The highest BCUT2D eigenvalue weighted by Crippen LogP contribution is 2.31. The van der Waals surface area contributed by atoms with Crippen LogP contribution in [-0.2, 0) is 12.6 Å². The van der Waals surface area contributed by atoms with Crippen molar-refractivity contribution in [2.75, 3.05) is 0 Å². The van der Waals surface area contributed by atoms with Crippen molar-refractivity contribution in [3.05, 3.63) is 94.7 Å². The maximum atomic E-state index is 12.6. The fourth-order valence-corrected chi connectivity index (χ4v) is 3.03. The maximum absolute atomic E-state index is 12.6. The first-order valence-corrected chi connectivity index (χ1v) is 8.54. The smallest absolute Gasteiger partial charge is 0.417 e. The van der Waals surface area contributed by atoms with Gasteiger partial charge < -0.3 is 4.74 Å². The summed E-state index contributed by atoms with van der Waals surface area (Å²) in [5.74, 6) is 0.542. The molecule has 0 bridgehead atoms. The Bertz CT molecular complexity index is 1050. The molecule has 2 aromatic carbocycles. The molecule has 1 aromatic heterocycles. The molecule has 1 aliphatic carbocycles. The van der Waals surface area contributed by atoms with Crippen molar-refractivity contribution in [3.63, 3.8) is 0 Å². The van der Waals surface area contributed by atoms with Crippen LogP contribution in [0.25, 0.3) is 6.08 Å². The summed E-state index contributed by atoms with van der Waals surface area (Å²) in [6, 6.07) is 16.5. The molecular weight excluding hydrogens is 367 g/mol. The van der Waals surface area contributed by atoms with E-state index in [0.717, 1.165) is 34.5 Å². The van der Waals surface area contributed by atoms with Gasteiger partial charge in [-0.15, -0.1) is 0 Å². The number of hydrogen-bond donors (Lipinski definition) is 0. The van der Waals surface area contributed by atoms with Crippen molar-refractivity contribution in [3.8, 4) is 11.6 Å². The van der Waals surface area contributed by atoms with Gasteiger partial charge in [0.2, 0.25) is 5.88 Å². The lowest BCUT2D eigenvalue weighted by molar-refractivity contribution is -0.137. The molecule has 0 amide bonds. The Balaban J connectivity index is 1.47. The average Bonchev–Trinajstić information content (AvgIpc) is 2.99. The molecule has 0 spiro atoms. The number of hydrogen-bond acceptors (Lipinski definition) is 3. The Labute approximate surface area is 159 Å². The normalized spacial score (nSPS) is 15.0. The zero-order valence-electron chi connectivity index (χ0n) is 14.5. The summed E-state index contributed by atoms with van der Waals surface area (Å²) in [4.78, 5) is 16.1. The average molecular weight is 381 g/mol. The number of ether oxygens (including phenoxy) is 1. The van der Waals surface area contributed by atoms with Gasteiger partial charge in [-0.1, -0.05) is 36.4 Å². The van der Waals surface area contributed by atoms with Crippen LogP contribution >= 0.6 is 0 Å². The summed E-state index contributed by atoms with van der Waals surface area (Å²) >= 11 is 0. The Kier molecular flexibility index (Phi) is 4.47. The number of carbonyl (C=O) groups excluding carboxylic acids is 1. The van der Waals surface area contributed by atoms with E-state index in [9.17, 15) is 18.0 Å². The zero-order chi connectivity index (χ0) is 19.7. The third kappa shape index (κ3) is 3.67. The number of benzene rings is 2. The quantitative estimate of drug-likeness (QED) is 0.545. The zero-order valence-corrected chi connectivity index (χ0v) is 14.5. The van der Waals surface area contributed by atoms with Crippen LogP contribution in [0.2, 0.25) is 0 Å². The number of halogens is 3. The summed E-state index contributed by atoms with van der Waals surface area (Å²) in [6.45, 7) is 0. The van der Waals surface area contributed by atoms with E-state index in [1.807, 2.05) is 30.3 Å². The third-order valence-corrected chi connectivity index (χ3v) is 4.44. The van der Waals surface area contributed by atoms with Crippen molar-refractivity contribution in [2.24, 2.45) is 0 Å². The van der Waals surface area contributed by atoms with Crippen molar-refractivity contribution in [1.29, 1.82) is 0 Å². The SMILES string of the molecule is O=C1/C(=C/c2ccc(Oc3ccc(C(F)(F)F)cn3)cc2)Cc2ccccc21. The number of fused-ring (bicyclic) bond motifs is 1. The van der Waals surface area contributed by atoms with Crippen molar-refractivity contribution < 1.29 is 22.7 Å². The lowest BCUT2D eigenvalue weighted by Crippen LogP contribution is -2.05. The fraction of sp³-hybridized carbons (Fsp3) is 0.0909. The molecule has 140 valence electrons. The molecule has 0 atom stereocenters. The number of nitrogens with zero attached hydrogens (tertiary/aromatic N) is 1. The Hall–Kier alpha value is -3.41. The second kappa shape index (κ2) is 6.96. The standard InChI is InChI=1S/C22H14F3NO2/c23-22(24,25)17-7-10-20(26-13-17)28-18-8-5-14(6-9-18)11-16-12-15-3-1-2-4-19(15)21(16)27/h1-11,13H,12H2/b16-11+. The molecule has 6 heteroatoms. The van der Waals surface area contributed by atoms with E-state index in [-0.39, 0.29) is 11.7 Å². The lowest BCUT2D eigenvalue weighted by Gasteiger charge is -2.08. The summed E-state index contributed by atoms with van der Waals surface area (Å²) in [5, 5.41) is 0.